The van der Waals surface area contributed by atoms with Gasteiger partial charge in [0, 0.05) is 22.9 Å². The van der Waals surface area contributed by atoms with Crippen molar-refractivity contribution in [3.05, 3.63) is 67.7 Å². The van der Waals surface area contributed by atoms with E-state index in [-0.39, 0.29) is 11.5 Å². The summed E-state index contributed by atoms with van der Waals surface area (Å²) in [5, 5.41) is 5.95. The van der Waals surface area contributed by atoms with E-state index < -0.39 is 0 Å². The molecule has 0 aliphatic heterocycles. The average molecular weight is 397 g/mol. The number of hydrogen-bond acceptors (Lipinski definition) is 5. The minimum Gasteiger partial charge on any atom is -0.423 e. The minimum atomic E-state index is -0.335. The second kappa shape index (κ2) is 8.29. The molecule has 28 heavy (non-hydrogen) atoms. The molecular weight excluding hydrogens is 372 g/mol. The van der Waals surface area contributed by atoms with Gasteiger partial charge in [0.2, 0.25) is 5.91 Å². The zero-order chi connectivity index (χ0) is 19.5. The van der Waals surface area contributed by atoms with Gasteiger partial charge in [-0.2, -0.15) is 0 Å². The Labute approximate surface area is 168 Å². The van der Waals surface area contributed by atoms with Crippen LogP contribution in [0, 0.1) is 0 Å². The highest BCUT2D eigenvalue weighted by Gasteiger charge is 2.17. The Hall–Kier alpha value is -2.44. The number of carbonyl (C=O) groups excluding carboxylic acids is 1. The van der Waals surface area contributed by atoms with E-state index >= 15 is 0 Å². The molecular formula is C22H24N2O3S. The van der Waals surface area contributed by atoms with Gasteiger partial charge in [-0.05, 0) is 66.1 Å². The summed E-state index contributed by atoms with van der Waals surface area (Å²) in [5.41, 5.74) is 3.88. The number of benzene rings is 1. The Bertz CT molecular complexity index is 1040. The first kappa shape index (κ1) is 18.9. The predicted molar refractivity (Wildman–Crippen MR) is 112 cm³/mol. The van der Waals surface area contributed by atoms with Gasteiger partial charge in [0.1, 0.15) is 5.58 Å². The Morgan fingerprint density at radius 3 is 2.82 bits per heavy atom. The monoisotopic (exact) mass is 396 g/mol. The van der Waals surface area contributed by atoms with Crippen LogP contribution in [0.1, 0.15) is 34.9 Å². The fraction of sp³-hybridized carbons (Fsp3) is 0.364. The van der Waals surface area contributed by atoms with Crippen molar-refractivity contribution in [1.82, 2.24) is 10.2 Å². The van der Waals surface area contributed by atoms with Crippen molar-refractivity contribution in [3.8, 4) is 0 Å². The topological polar surface area (TPSA) is 62.6 Å². The summed E-state index contributed by atoms with van der Waals surface area (Å²) in [6.45, 7) is 4.15. The molecule has 1 N–H and O–H groups in total. The minimum absolute atomic E-state index is 0.0107. The van der Waals surface area contributed by atoms with Crippen molar-refractivity contribution < 1.29 is 9.21 Å². The Kier molecular flexibility index (Phi) is 5.59. The molecule has 0 saturated carbocycles. The van der Waals surface area contributed by atoms with Crippen molar-refractivity contribution in [2.24, 2.45) is 0 Å². The summed E-state index contributed by atoms with van der Waals surface area (Å²) in [4.78, 5) is 27.6. The summed E-state index contributed by atoms with van der Waals surface area (Å²) in [6.07, 6.45) is 3.27. The zero-order valence-corrected chi connectivity index (χ0v) is 16.8. The second-order valence-electron chi connectivity index (χ2n) is 7.22. The first-order valence-corrected chi connectivity index (χ1v) is 10.6. The van der Waals surface area contributed by atoms with E-state index in [0.29, 0.717) is 25.2 Å². The van der Waals surface area contributed by atoms with Crippen LogP contribution in [-0.2, 0) is 30.7 Å². The van der Waals surface area contributed by atoms with E-state index in [2.05, 4.69) is 11.4 Å². The van der Waals surface area contributed by atoms with Crippen LogP contribution in [0.3, 0.4) is 0 Å². The van der Waals surface area contributed by atoms with Gasteiger partial charge in [0.05, 0.1) is 13.1 Å². The van der Waals surface area contributed by atoms with Gasteiger partial charge in [0.15, 0.2) is 0 Å². The lowest BCUT2D eigenvalue weighted by molar-refractivity contribution is -0.122. The Balaban J connectivity index is 1.50. The lowest BCUT2D eigenvalue weighted by Crippen LogP contribution is -2.36. The van der Waals surface area contributed by atoms with Crippen molar-refractivity contribution in [2.45, 2.75) is 39.3 Å². The maximum atomic E-state index is 12.4. The number of nitrogens with one attached hydrogen (secondary N) is 1. The van der Waals surface area contributed by atoms with Crippen molar-refractivity contribution in [3.63, 3.8) is 0 Å². The Morgan fingerprint density at radius 1 is 1.25 bits per heavy atom. The van der Waals surface area contributed by atoms with Crippen LogP contribution in [0.25, 0.3) is 11.0 Å². The first-order chi connectivity index (χ1) is 13.6. The molecule has 4 rings (SSSR count). The van der Waals surface area contributed by atoms with E-state index in [1.54, 1.807) is 17.4 Å². The summed E-state index contributed by atoms with van der Waals surface area (Å²) >= 11 is 1.63. The molecule has 146 valence electrons. The molecule has 0 bridgehead atoms. The fourth-order valence-electron chi connectivity index (χ4n) is 3.80. The van der Waals surface area contributed by atoms with Gasteiger partial charge in [-0.1, -0.05) is 13.0 Å². The van der Waals surface area contributed by atoms with Crippen LogP contribution in [0.4, 0.5) is 0 Å². The summed E-state index contributed by atoms with van der Waals surface area (Å²) in [7, 11) is 0. The van der Waals surface area contributed by atoms with Crippen LogP contribution in [0.15, 0.2) is 44.9 Å². The number of likely N-dealkylation sites (N-methyl/N-ethyl adjacent to an activating group) is 1. The number of rotatable bonds is 7. The SMILES string of the molecule is CCN(CC(=O)NCc1cccs1)Cc1cc(=O)oc2cc3c(cc12)CCC3. The molecule has 0 spiro atoms. The number of aryl methyl sites for hydroxylation is 2. The van der Waals surface area contributed by atoms with E-state index in [4.69, 9.17) is 4.42 Å². The van der Waals surface area contributed by atoms with Crippen LogP contribution in [0.2, 0.25) is 0 Å². The summed E-state index contributed by atoms with van der Waals surface area (Å²) < 4.78 is 5.45. The lowest BCUT2D eigenvalue weighted by Gasteiger charge is -2.20. The molecule has 0 saturated heterocycles. The lowest BCUT2D eigenvalue weighted by atomic mass is 10.0. The molecule has 1 aliphatic rings. The quantitative estimate of drug-likeness (QED) is 0.621. The average Bonchev–Trinajstić information content (AvgIpc) is 3.35. The van der Waals surface area contributed by atoms with E-state index in [9.17, 15) is 9.59 Å². The fourth-order valence-corrected chi connectivity index (χ4v) is 4.45. The highest BCUT2D eigenvalue weighted by atomic mass is 32.1. The predicted octanol–water partition coefficient (Wildman–Crippen LogP) is 3.48. The number of amides is 1. The molecule has 0 radical (unpaired) electrons. The van der Waals surface area contributed by atoms with Crippen molar-refractivity contribution >= 4 is 28.2 Å². The maximum Gasteiger partial charge on any atom is 0.336 e. The van der Waals surface area contributed by atoms with Gasteiger partial charge in [0.25, 0.3) is 0 Å². The van der Waals surface area contributed by atoms with Gasteiger partial charge in [-0.25, -0.2) is 4.79 Å². The molecule has 0 unspecified atom stereocenters. The van der Waals surface area contributed by atoms with Gasteiger partial charge < -0.3 is 9.73 Å². The molecule has 3 aromatic rings. The third-order valence-corrected chi connectivity index (χ3v) is 6.17. The van der Waals surface area contributed by atoms with Crippen LogP contribution in [-0.4, -0.2) is 23.9 Å². The first-order valence-electron chi connectivity index (χ1n) is 9.72. The van der Waals surface area contributed by atoms with Gasteiger partial charge in [-0.3, -0.25) is 9.69 Å². The molecule has 6 heteroatoms. The smallest absolute Gasteiger partial charge is 0.336 e. The molecule has 5 nitrogen and oxygen atoms in total. The van der Waals surface area contributed by atoms with Gasteiger partial charge in [-0.15, -0.1) is 11.3 Å². The summed E-state index contributed by atoms with van der Waals surface area (Å²) in [5.74, 6) is -0.0107. The third kappa shape index (κ3) is 4.18. The number of fused-ring (bicyclic) bond motifs is 2. The van der Waals surface area contributed by atoms with Crippen LogP contribution >= 0.6 is 11.3 Å². The normalized spacial score (nSPS) is 13.2. The molecule has 0 atom stereocenters. The number of thiophene rings is 1. The van der Waals surface area contributed by atoms with E-state index in [1.165, 1.54) is 11.1 Å². The maximum absolute atomic E-state index is 12.4. The van der Waals surface area contributed by atoms with Crippen LogP contribution < -0.4 is 10.9 Å². The third-order valence-electron chi connectivity index (χ3n) is 5.29. The number of nitrogens with zero attached hydrogens (tertiary/aromatic N) is 1. The van der Waals surface area contributed by atoms with Gasteiger partial charge >= 0.3 is 5.63 Å². The number of hydrogen-bond donors (Lipinski definition) is 1. The zero-order valence-electron chi connectivity index (χ0n) is 16.0. The van der Waals surface area contributed by atoms with Crippen molar-refractivity contribution in [1.29, 1.82) is 0 Å². The van der Waals surface area contributed by atoms with Crippen LogP contribution in [0.5, 0.6) is 0 Å². The highest BCUT2D eigenvalue weighted by molar-refractivity contribution is 7.09. The molecule has 1 aromatic carbocycles. The molecule has 1 aliphatic carbocycles. The molecule has 1 amide bonds. The molecule has 2 heterocycles. The molecule has 0 fully saturated rings. The largest absolute Gasteiger partial charge is 0.423 e. The van der Waals surface area contributed by atoms with E-state index in [1.807, 2.05) is 35.4 Å². The number of carbonyl (C=O) groups is 1. The summed E-state index contributed by atoms with van der Waals surface area (Å²) in [6, 6.07) is 9.74. The van der Waals surface area contributed by atoms with E-state index in [0.717, 1.165) is 41.6 Å². The second-order valence-corrected chi connectivity index (χ2v) is 8.25. The molecule has 2 aromatic heterocycles. The Morgan fingerprint density at radius 2 is 2.07 bits per heavy atom. The standard InChI is InChI=1S/C22H24N2O3S/c1-2-24(14-21(25)23-12-18-7-4-8-28-18)13-17-11-22(26)27-20-10-16-6-3-5-15(16)9-19(17)20/h4,7-11H,2-3,5-6,12-14H2,1H3,(H,23,25). The van der Waals surface area contributed by atoms with Crippen molar-refractivity contribution in [2.75, 3.05) is 13.1 Å². The highest BCUT2D eigenvalue weighted by Crippen LogP contribution is 2.29.